The number of nitrogens with two attached hydrogens (primary N) is 1. The molecule has 0 aliphatic carbocycles. The van der Waals surface area contributed by atoms with Crippen LogP contribution < -0.4 is 5.73 Å². The maximum absolute atomic E-state index is 13.1. The number of carbonyl (C=O) groups excluding carboxylic acids is 1. The average molecular weight is 428 g/mol. The van der Waals surface area contributed by atoms with Gasteiger partial charge in [-0.05, 0) is 64.8 Å². The quantitative estimate of drug-likeness (QED) is 0.602. The standard InChI is InChI=1S/C27H29N3O2/c28-16-21-8-9-24(19-31)26(15-21)23-10-12-30(13-11-23)27(32)25-14-22(17-29-18-25)7-6-20-4-2-1-3-5-20/h1-5,8-10,14-15,17-18,31H,6-7,11-13,16,19,28H2. The summed E-state index contributed by atoms with van der Waals surface area (Å²) < 4.78 is 0. The molecule has 1 aromatic heterocycles. The number of benzene rings is 2. The molecule has 0 spiro atoms. The van der Waals surface area contributed by atoms with Gasteiger partial charge in [-0.3, -0.25) is 9.78 Å². The van der Waals surface area contributed by atoms with Crippen LogP contribution in [0.4, 0.5) is 0 Å². The number of pyridine rings is 1. The lowest BCUT2D eigenvalue weighted by molar-refractivity contribution is 0.0772. The first-order chi connectivity index (χ1) is 15.7. The minimum Gasteiger partial charge on any atom is -0.392 e. The number of aliphatic hydroxyl groups is 1. The summed E-state index contributed by atoms with van der Waals surface area (Å²) >= 11 is 0. The average Bonchev–Trinajstić information content (AvgIpc) is 2.87. The summed E-state index contributed by atoms with van der Waals surface area (Å²) in [5.74, 6) is 0.00690. The van der Waals surface area contributed by atoms with Gasteiger partial charge in [-0.25, -0.2) is 0 Å². The molecule has 3 N–H and O–H groups in total. The summed E-state index contributed by atoms with van der Waals surface area (Å²) in [6.45, 7) is 1.63. The molecule has 1 aliphatic rings. The van der Waals surface area contributed by atoms with Crippen LogP contribution in [-0.2, 0) is 26.0 Å². The Bertz CT molecular complexity index is 1110. The molecule has 1 amide bonds. The molecule has 3 aromatic rings. The highest BCUT2D eigenvalue weighted by Crippen LogP contribution is 2.27. The molecule has 5 nitrogen and oxygen atoms in total. The maximum Gasteiger partial charge on any atom is 0.255 e. The molecule has 5 heteroatoms. The second kappa shape index (κ2) is 10.4. The van der Waals surface area contributed by atoms with Gasteiger partial charge in [0.1, 0.15) is 0 Å². The largest absolute Gasteiger partial charge is 0.392 e. The number of hydrogen-bond donors (Lipinski definition) is 2. The molecular formula is C27H29N3O2. The fourth-order valence-electron chi connectivity index (χ4n) is 4.14. The van der Waals surface area contributed by atoms with E-state index < -0.39 is 0 Å². The normalized spacial score (nSPS) is 13.7. The van der Waals surface area contributed by atoms with Gasteiger partial charge in [-0.1, -0.05) is 48.5 Å². The van der Waals surface area contributed by atoms with E-state index in [1.54, 1.807) is 6.20 Å². The fraction of sp³-hybridized carbons (Fsp3) is 0.259. The van der Waals surface area contributed by atoms with E-state index in [0.717, 1.165) is 47.1 Å². The van der Waals surface area contributed by atoms with Crippen molar-refractivity contribution >= 4 is 11.5 Å². The monoisotopic (exact) mass is 427 g/mol. The van der Waals surface area contributed by atoms with E-state index in [0.29, 0.717) is 25.2 Å². The fourth-order valence-corrected chi connectivity index (χ4v) is 4.14. The molecule has 2 aromatic carbocycles. The minimum absolute atomic E-state index is 0.00690. The molecule has 32 heavy (non-hydrogen) atoms. The Balaban J connectivity index is 1.44. The third-order valence-electron chi connectivity index (χ3n) is 6.01. The molecular weight excluding hydrogens is 398 g/mol. The molecule has 0 saturated carbocycles. The van der Waals surface area contributed by atoms with Crippen molar-refractivity contribution in [2.24, 2.45) is 5.73 Å². The molecule has 0 saturated heterocycles. The number of nitrogens with zero attached hydrogens (tertiary/aromatic N) is 2. The van der Waals surface area contributed by atoms with Crippen LogP contribution in [0, 0.1) is 0 Å². The predicted molar refractivity (Wildman–Crippen MR) is 127 cm³/mol. The lowest BCUT2D eigenvalue weighted by Crippen LogP contribution is -2.34. The predicted octanol–water partition coefficient (Wildman–Crippen LogP) is 3.75. The van der Waals surface area contributed by atoms with E-state index in [4.69, 9.17) is 5.73 Å². The van der Waals surface area contributed by atoms with E-state index >= 15 is 0 Å². The van der Waals surface area contributed by atoms with Gasteiger partial charge >= 0.3 is 0 Å². The highest BCUT2D eigenvalue weighted by molar-refractivity contribution is 5.94. The second-order valence-corrected chi connectivity index (χ2v) is 8.15. The van der Waals surface area contributed by atoms with E-state index in [9.17, 15) is 9.90 Å². The molecule has 0 fully saturated rings. The Morgan fingerprint density at radius 2 is 1.81 bits per heavy atom. The van der Waals surface area contributed by atoms with Crippen molar-refractivity contribution in [2.45, 2.75) is 32.4 Å². The summed E-state index contributed by atoms with van der Waals surface area (Å²) in [5.41, 5.74) is 12.9. The molecule has 0 bridgehead atoms. The van der Waals surface area contributed by atoms with Gasteiger partial charge in [-0.2, -0.15) is 0 Å². The minimum atomic E-state index is -0.0123. The van der Waals surface area contributed by atoms with Crippen molar-refractivity contribution in [2.75, 3.05) is 13.1 Å². The second-order valence-electron chi connectivity index (χ2n) is 8.15. The van der Waals surface area contributed by atoms with Crippen LogP contribution in [0.1, 0.15) is 44.6 Å². The number of hydrogen-bond acceptors (Lipinski definition) is 4. The Morgan fingerprint density at radius 1 is 1.00 bits per heavy atom. The molecule has 0 atom stereocenters. The lowest BCUT2D eigenvalue weighted by Gasteiger charge is -2.27. The van der Waals surface area contributed by atoms with Crippen molar-refractivity contribution in [1.82, 2.24) is 9.88 Å². The summed E-state index contributed by atoms with van der Waals surface area (Å²) in [6.07, 6.45) is 8.10. The molecule has 2 heterocycles. The van der Waals surface area contributed by atoms with E-state index in [-0.39, 0.29) is 12.5 Å². The first-order valence-corrected chi connectivity index (χ1v) is 11.1. The van der Waals surface area contributed by atoms with Crippen LogP contribution in [0.5, 0.6) is 0 Å². The Morgan fingerprint density at radius 3 is 2.53 bits per heavy atom. The van der Waals surface area contributed by atoms with Gasteiger partial charge in [0, 0.05) is 32.0 Å². The first kappa shape index (κ1) is 21.9. The zero-order valence-corrected chi connectivity index (χ0v) is 18.2. The lowest BCUT2D eigenvalue weighted by atomic mass is 9.93. The topological polar surface area (TPSA) is 79.5 Å². The number of rotatable bonds is 7. The number of aromatic nitrogens is 1. The summed E-state index contributed by atoms with van der Waals surface area (Å²) in [4.78, 5) is 19.3. The van der Waals surface area contributed by atoms with E-state index in [1.165, 1.54) is 5.56 Å². The number of aryl methyl sites for hydroxylation is 2. The van der Waals surface area contributed by atoms with Gasteiger partial charge in [0.25, 0.3) is 5.91 Å². The smallest absolute Gasteiger partial charge is 0.255 e. The Hall–Kier alpha value is -3.28. The van der Waals surface area contributed by atoms with Crippen molar-refractivity contribution < 1.29 is 9.90 Å². The number of aliphatic hydroxyl groups excluding tert-OH is 1. The van der Waals surface area contributed by atoms with Crippen LogP contribution in [-0.4, -0.2) is 34.0 Å². The maximum atomic E-state index is 13.1. The van der Waals surface area contributed by atoms with Gasteiger partial charge in [0.05, 0.1) is 12.2 Å². The van der Waals surface area contributed by atoms with E-state index in [2.05, 4.69) is 29.3 Å². The molecule has 1 aliphatic heterocycles. The Labute approximate surface area is 189 Å². The van der Waals surface area contributed by atoms with Gasteiger partial charge < -0.3 is 15.7 Å². The molecule has 164 valence electrons. The van der Waals surface area contributed by atoms with Crippen LogP contribution in [0.3, 0.4) is 0 Å². The SMILES string of the molecule is NCc1ccc(CO)c(C2=CCN(C(=O)c3cncc(CCc4ccccc4)c3)CC2)c1. The van der Waals surface area contributed by atoms with Crippen LogP contribution in [0.25, 0.3) is 5.57 Å². The van der Waals surface area contributed by atoms with Crippen LogP contribution >= 0.6 is 0 Å². The van der Waals surface area contributed by atoms with Crippen molar-refractivity contribution in [1.29, 1.82) is 0 Å². The van der Waals surface area contributed by atoms with Crippen LogP contribution in [0.15, 0.2) is 73.1 Å². The zero-order chi connectivity index (χ0) is 22.3. The van der Waals surface area contributed by atoms with Crippen molar-refractivity contribution in [3.8, 4) is 0 Å². The Kier molecular flexibility index (Phi) is 7.10. The van der Waals surface area contributed by atoms with Crippen molar-refractivity contribution in [3.63, 3.8) is 0 Å². The summed E-state index contributed by atoms with van der Waals surface area (Å²) in [6, 6.07) is 18.2. The third-order valence-corrected chi connectivity index (χ3v) is 6.01. The highest BCUT2D eigenvalue weighted by Gasteiger charge is 2.21. The summed E-state index contributed by atoms with van der Waals surface area (Å²) in [5, 5.41) is 9.71. The van der Waals surface area contributed by atoms with Crippen LogP contribution in [0.2, 0.25) is 0 Å². The highest BCUT2D eigenvalue weighted by atomic mass is 16.3. The summed E-state index contributed by atoms with van der Waals surface area (Å²) in [7, 11) is 0. The van der Waals surface area contributed by atoms with Crippen molar-refractivity contribution in [3.05, 3.63) is 106 Å². The first-order valence-electron chi connectivity index (χ1n) is 11.1. The molecule has 4 rings (SSSR count). The molecule has 0 radical (unpaired) electrons. The number of amides is 1. The third kappa shape index (κ3) is 5.13. The zero-order valence-electron chi connectivity index (χ0n) is 18.2. The molecule has 0 unspecified atom stereocenters. The number of carbonyl (C=O) groups is 1. The van der Waals surface area contributed by atoms with Gasteiger partial charge in [0.15, 0.2) is 0 Å². The van der Waals surface area contributed by atoms with Gasteiger partial charge in [0.2, 0.25) is 0 Å². The van der Waals surface area contributed by atoms with E-state index in [1.807, 2.05) is 47.5 Å². The van der Waals surface area contributed by atoms with Gasteiger partial charge in [-0.15, -0.1) is 0 Å².